The quantitative estimate of drug-likeness (QED) is 0.587. The third kappa shape index (κ3) is 4.73. The number of hydrogen-bond acceptors (Lipinski definition) is 5. The number of H-pyrrole nitrogens is 1. The minimum absolute atomic E-state index is 0.234. The summed E-state index contributed by atoms with van der Waals surface area (Å²) < 4.78 is 16.7. The molecule has 0 atom stereocenters. The van der Waals surface area contributed by atoms with Crippen molar-refractivity contribution in [2.24, 2.45) is 0 Å². The molecule has 148 valence electrons. The van der Waals surface area contributed by atoms with Crippen LogP contribution in [0.25, 0.3) is 11.5 Å². The van der Waals surface area contributed by atoms with Crippen molar-refractivity contribution in [1.29, 1.82) is 0 Å². The molecule has 0 radical (unpaired) electrons. The second kappa shape index (κ2) is 9.12. The summed E-state index contributed by atoms with van der Waals surface area (Å²) in [5.74, 6) is 2.68. The Balaban J connectivity index is 1.57. The Morgan fingerprint density at radius 2 is 1.89 bits per heavy atom. The Labute approximate surface area is 164 Å². The molecular formula is C21H25N3O4. The maximum Gasteiger partial charge on any atom is 0.271 e. The van der Waals surface area contributed by atoms with E-state index in [4.69, 9.17) is 13.9 Å². The van der Waals surface area contributed by atoms with Crippen LogP contribution in [0.2, 0.25) is 0 Å². The third-order valence-electron chi connectivity index (χ3n) is 4.12. The predicted octanol–water partition coefficient (Wildman–Crippen LogP) is 3.75. The van der Waals surface area contributed by atoms with Crippen molar-refractivity contribution in [3.8, 4) is 23.0 Å². The van der Waals surface area contributed by atoms with E-state index in [0.29, 0.717) is 43.3 Å². The second-order valence-electron chi connectivity index (χ2n) is 6.23. The first kappa shape index (κ1) is 19.5. The minimum atomic E-state index is -0.234. The monoisotopic (exact) mass is 383 g/mol. The van der Waals surface area contributed by atoms with Gasteiger partial charge in [-0.25, -0.2) is 0 Å². The Morgan fingerprint density at radius 1 is 1.11 bits per heavy atom. The van der Waals surface area contributed by atoms with Crippen LogP contribution in [0.15, 0.2) is 40.8 Å². The third-order valence-corrected chi connectivity index (χ3v) is 4.12. The number of aromatic nitrogens is 2. The molecule has 0 saturated carbocycles. The number of benzene rings is 1. The van der Waals surface area contributed by atoms with Crippen LogP contribution in [0.5, 0.6) is 11.5 Å². The highest BCUT2D eigenvalue weighted by Crippen LogP contribution is 2.28. The number of furan rings is 1. The predicted molar refractivity (Wildman–Crippen MR) is 106 cm³/mol. The molecule has 0 aliphatic heterocycles. The highest BCUT2D eigenvalue weighted by atomic mass is 16.5. The van der Waals surface area contributed by atoms with Crippen LogP contribution in [-0.2, 0) is 6.42 Å². The number of amides is 1. The topological polar surface area (TPSA) is 89.4 Å². The molecule has 28 heavy (non-hydrogen) atoms. The van der Waals surface area contributed by atoms with Crippen molar-refractivity contribution in [3.63, 3.8) is 0 Å². The summed E-state index contributed by atoms with van der Waals surface area (Å²) in [6, 6.07) is 11.2. The number of nitrogens with one attached hydrogen (secondary N) is 2. The highest BCUT2D eigenvalue weighted by molar-refractivity contribution is 5.93. The lowest BCUT2D eigenvalue weighted by molar-refractivity contribution is 0.0949. The van der Waals surface area contributed by atoms with Crippen molar-refractivity contribution in [2.75, 3.05) is 19.8 Å². The Kier molecular flexibility index (Phi) is 6.37. The maximum absolute atomic E-state index is 12.3. The van der Waals surface area contributed by atoms with E-state index in [1.54, 1.807) is 6.07 Å². The first-order valence-corrected chi connectivity index (χ1v) is 9.39. The molecule has 2 aromatic heterocycles. The largest absolute Gasteiger partial charge is 0.490 e. The second-order valence-corrected chi connectivity index (χ2v) is 6.23. The molecule has 1 amide bonds. The summed E-state index contributed by atoms with van der Waals surface area (Å²) in [6.07, 6.45) is 0.673. The first-order chi connectivity index (χ1) is 13.6. The van der Waals surface area contributed by atoms with Gasteiger partial charge in [-0.1, -0.05) is 6.07 Å². The molecule has 3 aromatic rings. The van der Waals surface area contributed by atoms with Crippen LogP contribution < -0.4 is 14.8 Å². The van der Waals surface area contributed by atoms with Gasteiger partial charge in [0.25, 0.3) is 5.91 Å². The first-order valence-electron chi connectivity index (χ1n) is 9.39. The number of aromatic amines is 1. The fourth-order valence-electron chi connectivity index (χ4n) is 2.81. The molecule has 0 fully saturated rings. The molecular weight excluding hydrogens is 358 g/mol. The average molecular weight is 383 g/mol. The molecule has 7 nitrogen and oxygen atoms in total. The lowest BCUT2D eigenvalue weighted by Gasteiger charge is -2.12. The zero-order chi connectivity index (χ0) is 19.9. The maximum atomic E-state index is 12.3. The number of hydrogen-bond donors (Lipinski definition) is 2. The van der Waals surface area contributed by atoms with Gasteiger partial charge in [0.2, 0.25) is 0 Å². The van der Waals surface area contributed by atoms with E-state index >= 15 is 0 Å². The van der Waals surface area contributed by atoms with Gasteiger partial charge in [0.05, 0.1) is 13.2 Å². The van der Waals surface area contributed by atoms with Gasteiger partial charge in [-0.3, -0.25) is 9.89 Å². The molecule has 0 aliphatic carbocycles. The standard InChI is InChI=1S/C21H25N3O4/c1-4-26-19-9-7-15(12-20(19)27-5-2)10-11-22-21(25)17-13-16(23-24-17)18-8-6-14(3)28-18/h6-9,12-13H,4-5,10-11H2,1-3H3,(H,22,25)(H,23,24). The highest BCUT2D eigenvalue weighted by Gasteiger charge is 2.13. The lowest BCUT2D eigenvalue weighted by atomic mass is 10.1. The van der Waals surface area contributed by atoms with Gasteiger partial charge in [-0.2, -0.15) is 5.10 Å². The summed E-state index contributed by atoms with van der Waals surface area (Å²) in [5.41, 5.74) is 2.05. The SMILES string of the molecule is CCOc1ccc(CCNC(=O)c2cc(-c3ccc(C)o3)[nH]n2)cc1OCC. The fourth-order valence-corrected chi connectivity index (χ4v) is 2.81. The summed E-state index contributed by atoms with van der Waals surface area (Å²) >= 11 is 0. The van der Waals surface area contributed by atoms with E-state index in [-0.39, 0.29) is 5.91 Å². The summed E-state index contributed by atoms with van der Waals surface area (Å²) in [5, 5.41) is 9.78. The van der Waals surface area contributed by atoms with E-state index in [2.05, 4.69) is 15.5 Å². The number of carbonyl (C=O) groups is 1. The summed E-state index contributed by atoms with van der Waals surface area (Å²) in [4.78, 5) is 12.3. The van der Waals surface area contributed by atoms with E-state index in [1.807, 2.05) is 51.1 Å². The molecule has 3 rings (SSSR count). The molecule has 0 saturated heterocycles. The number of aryl methyl sites for hydroxylation is 1. The van der Waals surface area contributed by atoms with Crippen LogP contribution >= 0.6 is 0 Å². The lowest BCUT2D eigenvalue weighted by Crippen LogP contribution is -2.26. The van der Waals surface area contributed by atoms with Crippen LogP contribution in [0.4, 0.5) is 0 Å². The molecule has 7 heteroatoms. The van der Waals surface area contributed by atoms with Crippen LogP contribution in [-0.4, -0.2) is 35.9 Å². The molecule has 0 unspecified atom stereocenters. The molecule has 0 spiro atoms. The van der Waals surface area contributed by atoms with Crippen molar-refractivity contribution in [3.05, 3.63) is 53.4 Å². The van der Waals surface area contributed by atoms with Gasteiger partial charge in [-0.15, -0.1) is 0 Å². The van der Waals surface area contributed by atoms with Gasteiger partial charge in [0, 0.05) is 12.6 Å². The van der Waals surface area contributed by atoms with Gasteiger partial charge >= 0.3 is 0 Å². The molecule has 2 N–H and O–H groups in total. The number of carbonyl (C=O) groups excluding carboxylic acids is 1. The molecule has 0 bridgehead atoms. The zero-order valence-electron chi connectivity index (χ0n) is 16.4. The van der Waals surface area contributed by atoms with E-state index in [1.165, 1.54) is 0 Å². The fraction of sp³-hybridized carbons (Fsp3) is 0.333. The normalized spacial score (nSPS) is 10.7. The smallest absolute Gasteiger partial charge is 0.271 e. The number of rotatable bonds is 9. The summed E-state index contributed by atoms with van der Waals surface area (Å²) in [7, 11) is 0. The number of ether oxygens (including phenoxy) is 2. The van der Waals surface area contributed by atoms with Gasteiger partial charge in [-0.05, 0) is 57.0 Å². The Bertz CT molecular complexity index is 929. The van der Waals surface area contributed by atoms with Gasteiger partial charge in [0.15, 0.2) is 23.0 Å². The van der Waals surface area contributed by atoms with Gasteiger partial charge in [0.1, 0.15) is 11.5 Å². The van der Waals surface area contributed by atoms with Crippen LogP contribution in [0, 0.1) is 6.92 Å². The molecule has 0 aliphatic rings. The zero-order valence-corrected chi connectivity index (χ0v) is 16.4. The van der Waals surface area contributed by atoms with Crippen molar-refractivity contribution in [2.45, 2.75) is 27.2 Å². The molecule has 2 heterocycles. The van der Waals surface area contributed by atoms with Crippen LogP contribution in [0.3, 0.4) is 0 Å². The van der Waals surface area contributed by atoms with Crippen molar-refractivity contribution >= 4 is 5.91 Å². The Hall–Kier alpha value is -3.22. The van der Waals surface area contributed by atoms with Crippen LogP contribution in [0.1, 0.15) is 35.7 Å². The van der Waals surface area contributed by atoms with E-state index in [9.17, 15) is 4.79 Å². The van der Waals surface area contributed by atoms with E-state index < -0.39 is 0 Å². The Morgan fingerprint density at radius 3 is 2.61 bits per heavy atom. The van der Waals surface area contributed by atoms with E-state index in [0.717, 1.165) is 22.8 Å². The summed E-state index contributed by atoms with van der Waals surface area (Å²) in [6.45, 7) is 7.37. The van der Waals surface area contributed by atoms with Gasteiger partial charge < -0.3 is 19.2 Å². The van der Waals surface area contributed by atoms with Crippen molar-refractivity contribution < 1.29 is 18.7 Å². The molecule has 1 aromatic carbocycles. The number of nitrogens with zero attached hydrogens (tertiary/aromatic N) is 1. The minimum Gasteiger partial charge on any atom is -0.490 e. The van der Waals surface area contributed by atoms with Crippen molar-refractivity contribution in [1.82, 2.24) is 15.5 Å². The average Bonchev–Trinajstić information content (AvgIpc) is 3.33.